The fraction of sp³-hybridized carbons (Fsp3) is 0.0714. The first kappa shape index (κ1) is 10.3. The highest BCUT2D eigenvalue weighted by molar-refractivity contribution is 5.83. The molecule has 5 nitrogen and oxygen atoms in total. The Balaban J connectivity index is 1.86. The minimum absolute atomic E-state index is 0.332. The monoisotopic (exact) mass is 249 g/mol. The van der Waals surface area contributed by atoms with Gasteiger partial charge in [-0.1, -0.05) is 6.08 Å². The van der Waals surface area contributed by atoms with Crippen LogP contribution in [0.15, 0.2) is 43.0 Å². The Bertz CT molecular complexity index is 816. The predicted octanol–water partition coefficient (Wildman–Crippen LogP) is 1.69. The van der Waals surface area contributed by atoms with E-state index in [9.17, 15) is 0 Å². The van der Waals surface area contributed by atoms with Crippen LogP contribution in [0.1, 0.15) is 16.8 Å². The van der Waals surface area contributed by atoms with Crippen LogP contribution in [0.25, 0.3) is 11.2 Å². The lowest BCUT2D eigenvalue weighted by Gasteiger charge is -2.06. The van der Waals surface area contributed by atoms with Crippen LogP contribution in [-0.2, 0) is 6.42 Å². The van der Waals surface area contributed by atoms with E-state index in [1.165, 1.54) is 0 Å². The number of nitrogens with two attached hydrogens (primary N) is 1. The van der Waals surface area contributed by atoms with Gasteiger partial charge in [0, 0.05) is 36.8 Å². The fourth-order valence-electron chi connectivity index (χ4n) is 2.47. The van der Waals surface area contributed by atoms with Crippen molar-refractivity contribution in [1.82, 2.24) is 19.4 Å². The molecular weight excluding hydrogens is 238 g/mol. The maximum Gasteiger partial charge on any atom is 0.220 e. The predicted molar refractivity (Wildman–Crippen MR) is 72.4 cm³/mol. The quantitative estimate of drug-likeness (QED) is 0.712. The van der Waals surface area contributed by atoms with Crippen LogP contribution in [0, 0.1) is 0 Å². The summed E-state index contributed by atoms with van der Waals surface area (Å²) in [7, 11) is 0. The molecular formula is C14H11N5. The standard InChI is InChI=1S/C14H11N5/c15-14-17-7-11-10(2-3-12(11)18-14)9-1-4-13-16-5-6-19(13)8-9/h1-2,4-8H,3H2,(H2,15,17,18). The molecule has 0 radical (unpaired) electrons. The molecule has 1 aliphatic carbocycles. The number of hydrogen-bond donors (Lipinski definition) is 1. The third-order valence-corrected chi connectivity index (χ3v) is 3.38. The van der Waals surface area contributed by atoms with Crippen molar-refractivity contribution in [3.63, 3.8) is 0 Å². The van der Waals surface area contributed by atoms with Gasteiger partial charge in [-0.05, 0) is 23.3 Å². The van der Waals surface area contributed by atoms with Crippen LogP contribution in [-0.4, -0.2) is 19.4 Å². The second-order valence-corrected chi connectivity index (χ2v) is 4.52. The Morgan fingerprint density at radius 2 is 2.16 bits per heavy atom. The van der Waals surface area contributed by atoms with E-state index < -0.39 is 0 Å². The van der Waals surface area contributed by atoms with Gasteiger partial charge < -0.3 is 10.1 Å². The number of allylic oxidation sites excluding steroid dienone is 1. The van der Waals surface area contributed by atoms with E-state index in [2.05, 4.69) is 33.3 Å². The Labute approximate surface area is 109 Å². The first-order valence-corrected chi connectivity index (χ1v) is 6.06. The number of hydrogen-bond acceptors (Lipinski definition) is 4. The van der Waals surface area contributed by atoms with Gasteiger partial charge in [0.05, 0.1) is 5.69 Å². The Kier molecular flexibility index (Phi) is 1.97. The van der Waals surface area contributed by atoms with Crippen LogP contribution in [0.2, 0.25) is 0 Å². The Morgan fingerprint density at radius 1 is 1.21 bits per heavy atom. The van der Waals surface area contributed by atoms with Crippen LogP contribution >= 0.6 is 0 Å². The SMILES string of the molecule is Nc1ncc2c(n1)CC=C2c1ccc2nccn2c1. The van der Waals surface area contributed by atoms with E-state index in [0.29, 0.717) is 5.95 Å². The molecule has 0 spiro atoms. The minimum atomic E-state index is 0.332. The summed E-state index contributed by atoms with van der Waals surface area (Å²) in [5.74, 6) is 0.332. The number of nitrogen functional groups attached to an aromatic ring is 1. The van der Waals surface area contributed by atoms with Gasteiger partial charge in [-0.2, -0.15) is 0 Å². The summed E-state index contributed by atoms with van der Waals surface area (Å²) in [5, 5.41) is 0. The summed E-state index contributed by atoms with van der Waals surface area (Å²) in [6.07, 6.45) is 10.6. The van der Waals surface area contributed by atoms with Crippen LogP contribution in [0.3, 0.4) is 0 Å². The van der Waals surface area contributed by atoms with Gasteiger partial charge in [0.1, 0.15) is 5.65 Å². The number of nitrogens with zero attached hydrogens (tertiary/aromatic N) is 4. The molecule has 0 atom stereocenters. The molecule has 3 aromatic heterocycles. The minimum Gasteiger partial charge on any atom is -0.368 e. The first-order chi connectivity index (χ1) is 9.31. The summed E-state index contributed by atoms with van der Waals surface area (Å²) < 4.78 is 2.01. The number of aromatic nitrogens is 4. The molecule has 3 heterocycles. The lowest BCUT2D eigenvalue weighted by atomic mass is 10.0. The summed E-state index contributed by atoms with van der Waals surface area (Å²) in [6, 6.07) is 4.08. The van der Waals surface area contributed by atoms with Crippen LogP contribution < -0.4 is 5.73 Å². The zero-order chi connectivity index (χ0) is 12.8. The van der Waals surface area contributed by atoms with Gasteiger partial charge in [-0.25, -0.2) is 15.0 Å². The topological polar surface area (TPSA) is 69.1 Å². The molecule has 0 fully saturated rings. The van der Waals surface area contributed by atoms with Crippen LogP contribution in [0.5, 0.6) is 0 Å². The van der Waals surface area contributed by atoms with E-state index in [0.717, 1.165) is 34.5 Å². The second-order valence-electron chi connectivity index (χ2n) is 4.52. The van der Waals surface area contributed by atoms with Gasteiger partial charge in [-0.15, -0.1) is 0 Å². The van der Waals surface area contributed by atoms with E-state index in [1.807, 2.05) is 16.7 Å². The van der Waals surface area contributed by atoms with E-state index >= 15 is 0 Å². The molecule has 3 aromatic rings. The van der Waals surface area contributed by atoms with Crippen molar-refractivity contribution in [2.24, 2.45) is 0 Å². The molecule has 0 aliphatic heterocycles. The average molecular weight is 249 g/mol. The molecule has 92 valence electrons. The van der Waals surface area contributed by atoms with Crippen molar-refractivity contribution in [2.45, 2.75) is 6.42 Å². The number of imidazole rings is 1. The molecule has 4 rings (SSSR count). The fourth-order valence-corrected chi connectivity index (χ4v) is 2.47. The summed E-state index contributed by atoms with van der Waals surface area (Å²) >= 11 is 0. The van der Waals surface area contributed by atoms with Crippen molar-refractivity contribution in [1.29, 1.82) is 0 Å². The number of anilines is 1. The Morgan fingerprint density at radius 3 is 3.11 bits per heavy atom. The van der Waals surface area contributed by atoms with Gasteiger partial charge in [0.25, 0.3) is 0 Å². The number of fused-ring (bicyclic) bond motifs is 2. The molecule has 5 heteroatoms. The maximum absolute atomic E-state index is 5.62. The normalized spacial score (nSPS) is 13.6. The third kappa shape index (κ3) is 1.52. The van der Waals surface area contributed by atoms with Crippen molar-refractivity contribution < 1.29 is 0 Å². The lowest BCUT2D eigenvalue weighted by Crippen LogP contribution is -1.99. The van der Waals surface area contributed by atoms with Gasteiger partial charge in [0.15, 0.2) is 0 Å². The molecule has 1 aliphatic rings. The van der Waals surface area contributed by atoms with E-state index in [4.69, 9.17) is 5.73 Å². The molecule has 19 heavy (non-hydrogen) atoms. The van der Waals surface area contributed by atoms with Crippen molar-refractivity contribution in [3.8, 4) is 0 Å². The van der Waals surface area contributed by atoms with E-state index in [1.54, 1.807) is 12.4 Å². The second kappa shape index (κ2) is 3.65. The van der Waals surface area contributed by atoms with E-state index in [-0.39, 0.29) is 0 Å². The summed E-state index contributed by atoms with van der Waals surface area (Å²) in [6.45, 7) is 0. The average Bonchev–Trinajstić information content (AvgIpc) is 3.02. The zero-order valence-corrected chi connectivity index (χ0v) is 10.1. The molecule has 0 bridgehead atoms. The highest BCUT2D eigenvalue weighted by Crippen LogP contribution is 2.31. The first-order valence-electron chi connectivity index (χ1n) is 6.06. The largest absolute Gasteiger partial charge is 0.368 e. The lowest BCUT2D eigenvalue weighted by molar-refractivity contribution is 1.07. The van der Waals surface area contributed by atoms with Gasteiger partial charge in [0.2, 0.25) is 5.95 Å². The zero-order valence-electron chi connectivity index (χ0n) is 10.1. The molecule has 0 unspecified atom stereocenters. The third-order valence-electron chi connectivity index (χ3n) is 3.38. The molecule has 0 saturated heterocycles. The highest BCUT2D eigenvalue weighted by Gasteiger charge is 2.18. The smallest absolute Gasteiger partial charge is 0.220 e. The molecule has 0 amide bonds. The Hall–Kier alpha value is -2.69. The molecule has 0 aromatic carbocycles. The molecule has 0 saturated carbocycles. The van der Waals surface area contributed by atoms with Crippen molar-refractivity contribution >= 4 is 17.2 Å². The summed E-state index contributed by atoms with van der Waals surface area (Å²) in [5.41, 5.74) is 10.9. The number of rotatable bonds is 1. The van der Waals surface area contributed by atoms with Crippen molar-refractivity contribution in [3.05, 3.63) is 59.8 Å². The van der Waals surface area contributed by atoms with Gasteiger partial charge in [-0.3, -0.25) is 0 Å². The number of pyridine rings is 1. The maximum atomic E-state index is 5.62. The molecule has 2 N–H and O–H groups in total. The highest BCUT2D eigenvalue weighted by atomic mass is 15.0. The van der Waals surface area contributed by atoms with Crippen LogP contribution in [0.4, 0.5) is 5.95 Å². The van der Waals surface area contributed by atoms with Gasteiger partial charge >= 0.3 is 0 Å². The summed E-state index contributed by atoms with van der Waals surface area (Å²) in [4.78, 5) is 12.6. The van der Waals surface area contributed by atoms with Crippen molar-refractivity contribution in [2.75, 3.05) is 5.73 Å².